The van der Waals surface area contributed by atoms with Gasteiger partial charge >= 0.3 is 5.69 Å². The Kier molecular flexibility index (Phi) is 4.84. The second-order valence-corrected chi connectivity index (χ2v) is 4.37. The van der Waals surface area contributed by atoms with Crippen LogP contribution in [-0.4, -0.2) is 11.5 Å². The van der Waals surface area contributed by atoms with Crippen LogP contribution in [0.4, 0.5) is 10.1 Å². The van der Waals surface area contributed by atoms with Crippen LogP contribution in [0.25, 0.3) is 0 Å². The fraction of sp³-hybridized carbons (Fsp3) is 0.200. The van der Waals surface area contributed by atoms with Crippen molar-refractivity contribution in [2.24, 2.45) is 0 Å². The number of benzene rings is 2. The fourth-order valence-corrected chi connectivity index (χ4v) is 1.85. The smallest absolute Gasteiger partial charge is 0.314 e. The van der Waals surface area contributed by atoms with E-state index in [9.17, 15) is 14.5 Å². The van der Waals surface area contributed by atoms with Crippen LogP contribution < -0.4 is 10.1 Å². The molecule has 1 N–H and O–H groups in total. The molecule has 5 nitrogen and oxygen atoms in total. The van der Waals surface area contributed by atoms with Crippen molar-refractivity contribution in [1.29, 1.82) is 0 Å². The van der Waals surface area contributed by atoms with Gasteiger partial charge in [-0.25, -0.2) is 4.39 Å². The summed E-state index contributed by atoms with van der Waals surface area (Å²) in [4.78, 5) is 10.3. The van der Waals surface area contributed by atoms with Gasteiger partial charge in [0.25, 0.3) is 0 Å². The van der Waals surface area contributed by atoms with Gasteiger partial charge in [0.15, 0.2) is 5.82 Å². The zero-order valence-electron chi connectivity index (χ0n) is 11.5. The van der Waals surface area contributed by atoms with E-state index >= 15 is 0 Å². The third-order valence-electron chi connectivity index (χ3n) is 2.84. The van der Waals surface area contributed by atoms with Crippen LogP contribution in [-0.2, 0) is 6.54 Å². The van der Waals surface area contributed by atoms with Gasteiger partial charge in [0.05, 0.1) is 4.92 Å². The van der Waals surface area contributed by atoms with Gasteiger partial charge in [0.2, 0.25) is 5.75 Å². The van der Waals surface area contributed by atoms with Gasteiger partial charge in [0.1, 0.15) is 5.75 Å². The van der Waals surface area contributed by atoms with Gasteiger partial charge < -0.3 is 10.1 Å². The molecule has 0 saturated heterocycles. The van der Waals surface area contributed by atoms with Crippen LogP contribution in [0.2, 0.25) is 0 Å². The highest BCUT2D eigenvalue weighted by atomic mass is 19.1. The number of para-hydroxylation sites is 1. The summed E-state index contributed by atoms with van der Waals surface area (Å²) < 4.78 is 19.1. The van der Waals surface area contributed by atoms with Crippen molar-refractivity contribution in [1.82, 2.24) is 5.32 Å². The third kappa shape index (κ3) is 3.76. The maximum Gasteiger partial charge on any atom is 0.314 e. The monoisotopic (exact) mass is 290 g/mol. The number of hydrogen-bond acceptors (Lipinski definition) is 4. The summed E-state index contributed by atoms with van der Waals surface area (Å²) in [5.41, 5.74) is 0.556. The molecule has 0 aromatic heterocycles. The first-order chi connectivity index (χ1) is 10.1. The average molecular weight is 290 g/mol. The van der Waals surface area contributed by atoms with E-state index in [1.165, 1.54) is 12.1 Å². The highest BCUT2D eigenvalue weighted by molar-refractivity contribution is 5.49. The molecule has 0 amide bonds. The molecule has 0 saturated carbocycles. The van der Waals surface area contributed by atoms with Crippen molar-refractivity contribution in [2.75, 3.05) is 6.54 Å². The SMILES string of the molecule is CCNCc1cccc(Oc2c(F)cccc2[N+](=O)[O-])c1. The van der Waals surface area contributed by atoms with E-state index in [0.717, 1.165) is 18.2 Å². The molecule has 21 heavy (non-hydrogen) atoms. The molecule has 0 atom stereocenters. The molecular formula is C15H15FN2O3. The molecule has 0 unspecified atom stereocenters. The normalized spacial score (nSPS) is 10.4. The van der Waals surface area contributed by atoms with Crippen molar-refractivity contribution >= 4 is 5.69 Å². The minimum absolute atomic E-state index is 0.360. The molecule has 0 spiro atoms. The molecule has 2 rings (SSSR count). The van der Waals surface area contributed by atoms with Gasteiger partial charge in [-0.15, -0.1) is 0 Å². The van der Waals surface area contributed by atoms with Crippen LogP contribution in [0.15, 0.2) is 42.5 Å². The number of hydrogen-bond donors (Lipinski definition) is 1. The molecule has 2 aromatic rings. The first-order valence-corrected chi connectivity index (χ1v) is 6.52. The van der Waals surface area contributed by atoms with Crippen molar-refractivity contribution < 1.29 is 14.1 Å². The molecule has 6 heteroatoms. The van der Waals surface area contributed by atoms with Crippen LogP contribution in [0.3, 0.4) is 0 Å². The van der Waals surface area contributed by atoms with Crippen LogP contribution >= 0.6 is 0 Å². The molecule has 0 aliphatic heterocycles. The largest absolute Gasteiger partial charge is 0.447 e. The van der Waals surface area contributed by atoms with Crippen molar-refractivity contribution in [3.8, 4) is 11.5 Å². The summed E-state index contributed by atoms with van der Waals surface area (Å²) in [5, 5.41) is 14.1. The van der Waals surface area contributed by atoms with Gasteiger partial charge in [-0.3, -0.25) is 10.1 Å². The quantitative estimate of drug-likeness (QED) is 0.651. The molecule has 0 aliphatic carbocycles. The minimum atomic E-state index is -0.763. The Morgan fingerprint density at radius 2 is 2.05 bits per heavy atom. The summed E-state index contributed by atoms with van der Waals surface area (Å²) in [6.45, 7) is 3.46. The van der Waals surface area contributed by atoms with E-state index in [1.54, 1.807) is 18.2 Å². The number of nitrogens with zero attached hydrogens (tertiary/aromatic N) is 1. The van der Waals surface area contributed by atoms with E-state index < -0.39 is 16.4 Å². The van der Waals surface area contributed by atoms with Crippen LogP contribution in [0.1, 0.15) is 12.5 Å². The number of rotatable bonds is 6. The zero-order valence-corrected chi connectivity index (χ0v) is 11.5. The molecule has 0 bridgehead atoms. The first-order valence-electron chi connectivity index (χ1n) is 6.52. The lowest BCUT2D eigenvalue weighted by Gasteiger charge is -2.09. The number of nitrogens with one attached hydrogen (secondary N) is 1. The molecule has 110 valence electrons. The minimum Gasteiger partial charge on any atom is -0.447 e. The Labute approximate surface area is 121 Å². The Morgan fingerprint density at radius 1 is 1.29 bits per heavy atom. The second-order valence-electron chi connectivity index (χ2n) is 4.37. The predicted molar refractivity (Wildman–Crippen MR) is 77.0 cm³/mol. The third-order valence-corrected chi connectivity index (χ3v) is 2.84. The van der Waals surface area contributed by atoms with E-state index in [1.807, 2.05) is 13.0 Å². The highest BCUT2D eigenvalue weighted by Crippen LogP contribution is 2.33. The fourth-order valence-electron chi connectivity index (χ4n) is 1.85. The zero-order chi connectivity index (χ0) is 15.2. The molecule has 0 heterocycles. The topological polar surface area (TPSA) is 64.4 Å². The number of halogens is 1. The van der Waals surface area contributed by atoms with Gasteiger partial charge in [-0.2, -0.15) is 0 Å². The number of nitro benzene ring substituents is 1. The maximum absolute atomic E-state index is 13.8. The Balaban J connectivity index is 2.28. The summed E-state index contributed by atoms with van der Waals surface area (Å²) in [5.74, 6) is -0.775. The standard InChI is InChI=1S/C15H15FN2O3/c1-2-17-10-11-5-3-6-12(9-11)21-15-13(16)7-4-8-14(15)18(19)20/h3-9,17H,2,10H2,1H3. The molecule has 2 aromatic carbocycles. The summed E-state index contributed by atoms with van der Waals surface area (Å²) in [6, 6.07) is 10.6. The second kappa shape index (κ2) is 6.81. The Morgan fingerprint density at radius 3 is 2.76 bits per heavy atom. The van der Waals surface area contributed by atoms with Crippen molar-refractivity contribution in [3.05, 3.63) is 64.0 Å². The average Bonchev–Trinajstić information content (AvgIpc) is 2.47. The van der Waals surface area contributed by atoms with Gasteiger partial charge in [-0.05, 0) is 30.3 Å². The van der Waals surface area contributed by atoms with Gasteiger partial charge in [0, 0.05) is 12.6 Å². The molecule has 0 fully saturated rings. The lowest BCUT2D eigenvalue weighted by molar-refractivity contribution is -0.385. The van der Waals surface area contributed by atoms with Crippen LogP contribution in [0, 0.1) is 15.9 Å². The Hall–Kier alpha value is -2.47. The number of nitro groups is 1. The van der Waals surface area contributed by atoms with E-state index in [4.69, 9.17) is 4.74 Å². The maximum atomic E-state index is 13.8. The highest BCUT2D eigenvalue weighted by Gasteiger charge is 2.20. The summed E-state index contributed by atoms with van der Waals surface area (Å²) in [7, 11) is 0. The lowest BCUT2D eigenvalue weighted by atomic mass is 10.2. The molecular weight excluding hydrogens is 275 g/mol. The summed E-state index contributed by atoms with van der Waals surface area (Å²) >= 11 is 0. The Bertz CT molecular complexity index is 647. The first kappa shape index (κ1) is 14.9. The number of ether oxygens (including phenoxy) is 1. The molecule has 0 aliphatic rings. The summed E-state index contributed by atoms with van der Waals surface area (Å²) in [6.07, 6.45) is 0. The van der Waals surface area contributed by atoms with Crippen LogP contribution in [0.5, 0.6) is 11.5 Å². The predicted octanol–water partition coefficient (Wildman–Crippen LogP) is 3.64. The van der Waals surface area contributed by atoms with Gasteiger partial charge in [-0.1, -0.05) is 25.1 Å². The van der Waals surface area contributed by atoms with E-state index in [0.29, 0.717) is 12.3 Å². The van der Waals surface area contributed by atoms with E-state index in [2.05, 4.69) is 5.32 Å². The van der Waals surface area contributed by atoms with Crippen molar-refractivity contribution in [2.45, 2.75) is 13.5 Å². The van der Waals surface area contributed by atoms with Crippen molar-refractivity contribution in [3.63, 3.8) is 0 Å². The van der Waals surface area contributed by atoms with E-state index in [-0.39, 0.29) is 5.75 Å². The molecule has 0 radical (unpaired) electrons. The lowest BCUT2D eigenvalue weighted by Crippen LogP contribution is -2.11.